The molecule has 1 aromatic carbocycles. The highest BCUT2D eigenvalue weighted by Gasteiger charge is 2.26. The molecule has 0 aliphatic rings. The third-order valence-corrected chi connectivity index (χ3v) is 5.58. The van der Waals surface area contributed by atoms with Crippen LogP contribution in [0.3, 0.4) is 0 Å². The predicted octanol–water partition coefficient (Wildman–Crippen LogP) is 3.05. The molecule has 84 valence electrons. The summed E-state index contributed by atoms with van der Waals surface area (Å²) in [6.07, 6.45) is 0.414. The van der Waals surface area contributed by atoms with Gasteiger partial charge in [0.2, 0.25) is 0 Å². The summed E-state index contributed by atoms with van der Waals surface area (Å²) in [6.45, 7) is 5.35. The Morgan fingerprint density at radius 3 is 2.13 bits per heavy atom. The first-order valence-corrected chi connectivity index (χ1v) is 6.83. The van der Waals surface area contributed by atoms with Gasteiger partial charge in [-0.2, -0.15) is 0 Å². The molecule has 0 N–H and O–H groups in total. The first kappa shape index (κ1) is 12.5. The second-order valence-electron chi connectivity index (χ2n) is 3.58. The smallest absolute Gasteiger partial charge is 0.195 e. The first-order chi connectivity index (χ1) is 6.91. The molecule has 0 aromatic heterocycles. The van der Waals surface area contributed by atoms with Crippen LogP contribution in [0.25, 0.3) is 0 Å². The Bertz CT molecular complexity index is 431. The Morgan fingerprint density at radius 2 is 1.73 bits per heavy atom. The number of rotatable bonds is 3. The molecule has 0 aliphatic heterocycles. The van der Waals surface area contributed by atoms with Crippen molar-refractivity contribution in [2.45, 2.75) is 36.8 Å². The van der Waals surface area contributed by atoms with Gasteiger partial charge in [0.1, 0.15) is 4.71 Å². The van der Waals surface area contributed by atoms with Crippen LogP contribution in [0.15, 0.2) is 23.1 Å². The first-order valence-electron chi connectivity index (χ1n) is 4.85. The van der Waals surface area contributed by atoms with Crippen molar-refractivity contribution in [1.29, 1.82) is 0 Å². The van der Waals surface area contributed by atoms with Crippen molar-refractivity contribution in [3.63, 3.8) is 0 Å². The molecule has 1 rings (SSSR count). The fourth-order valence-corrected chi connectivity index (χ4v) is 3.59. The minimum atomic E-state index is -3.38. The maximum atomic E-state index is 12.1. The zero-order chi connectivity index (χ0) is 11.6. The SMILES string of the molecule is CCC(Cl)S(=O)(=O)c1c(C)cccc1C. The molecule has 0 radical (unpaired) electrons. The molecule has 1 aromatic rings. The van der Waals surface area contributed by atoms with Gasteiger partial charge in [-0.1, -0.05) is 25.1 Å². The second kappa shape index (κ2) is 4.54. The maximum absolute atomic E-state index is 12.1. The predicted molar refractivity (Wildman–Crippen MR) is 63.0 cm³/mol. The van der Waals surface area contributed by atoms with Gasteiger partial charge in [0, 0.05) is 0 Å². The van der Waals surface area contributed by atoms with Crippen molar-refractivity contribution in [2.75, 3.05) is 0 Å². The average molecular weight is 247 g/mol. The Morgan fingerprint density at radius 1 is 1.27 bits per heavy atom. The van der Waals surface area contributed by atoms with Crippen LogP contribution in [-0.4, -0.2) is 13.1 Å². The van der Waals surface area contributed by atoms with E-state index in [1.54, 1.807) is 32.9 Å². The van der Waals surface area contributed by atoms with E-state index in [2.05, 4.69) is 0 Å². The van der Waals surface area contributed by atoms with E-state index >= 15 is 0 Å². The molecule has 0 saturated heterocycles. The normalized spacial score (nSPS) is 13.9. The van der Waals surface area contributed by atoms with Gasteiger partial charge in [0.25, 0.3) is 0 Å². The van der Waals surface area contributed by atoms with Crippen LogP contribution in [0.5, 0.6) is 0 Å². The van der Waals surface area contributed by atoms with E-state index in [-0.39, 0.29) is 0 Å². The van der Waals surface area contributed by atoms with Crippen molar-refractivity contribution < 1.29 is 8.42 Å². The Kier molecular flexibility index (Phi) is 3.79. The van der Waals surface area contributed by atoms with E-state index in [0.717, 1.165) is 11.1 Å². The number of hydrogen-bond donors (Lipinski definition) is 0. The standard InChI is InChI=1S/C11H15ClO2S/c1-4-10(12)15(13,14)11-8(2)6-5-7-9(11)3/h5-7,10H,4H2,1-3H3. The molecule has 0 fully saturated rings. The van der Waals surface area contributed by atoms with Crippen molar-refractivity contribution in [3.8, 4) is 0 Å². The largest absolute Gasteiger partial charge is 0.222 e. The second-order valence-corrected chi connectivity index (χ2v) is 6.44. The number of halogens is 1. The Labute approximate surface area is 96.2 Å². The van der Waals surface area contributed by atoms with E-state index < -0.39 is 14.5 Å². The average Bonchev–Trinajstić information content (AvgIpc) is 2.15. The summed E-state index contributed by atoms with van der Waals surface area (Å²) in [5, 5.41) is 0. The molecular weight excluding hydrogens is 232 g/mol. The molecular formula is C11H15ClO2S. The van der Waals surface area contributed by atoms with Crippen LogP contribution in [0.1, 0.15) is 24.5 Å². The highest BCUT2D eigenvalue weighted by atomic mass is 35.5. The van der Waals surface area contributed by atoms with E-state index in [9.17, 15) is 8.42 Å². The zero-order valence-corrected chi connectivity index (χ0v) is 10.7. The molecule has 2 nitrogen and oxygen atoms in total. The van der Waals surface area contributed by atoms with Gasteiger partial charge >= 0.3 is 0 Å². The lowest BCUT2D eigenvalue weighted by molar-refractivity contribution is 0.589. The monoisotopic (exact) mass is 246 g/mol. The third kappa shape index (κ3) is 2.34. The van der Waals surface area contributed by atoms with Gasteiger partial charge in [-0.25, -0.2) is 8.42 Å². The summed E-state index contributed by atoms with van der Waals surface area (Å²) in [6, 6.07) is 5.43. The quantitative estimate of drug-likeness (QED) is 0.769. The summed E-state index contributed by atoms with van der Waals surface area (Å²) in [5.74, 6) is 0. The molecule has 15 heavy (non-hydrogen) atoms. The van der Waals surface area contributed by atoms with Crippen LogP contribution in [0, 0.1) is 13.8 Å². The van der Waals surface area contributed by atoms with E-state index in [0.29, 0.717) is 11.3 Å². The Hall–Kier alpha value is -0.540. The lowest BCUT2D eigenvalue weighted by atomic mass is 10.2. The van der Waals surface area contributed by atoms with E-state index in [4.69, 9.17) is 11.6 Å². The van der Waals surface area contributed by atoms with Crippen molar-refractivity contribution in [2.24, 2.45) is 0 Å². The molecule has 0 bridgehead atoms. The molecule has 0 amide bonds. The van der Waals surface area contributed by atoms with Crippen molar-refractivity contribution >= 4 is 21.4 Å². The highest BCUT2D eigenvalue weighted by Crippen LogP contribution is 2.26. The molecule has 1 atom stereocenters. The molecule has 0 saturated carbocycles. The molecule has 1 unspecified atom stereocenters. The van der Waals surface area contributed by atoms with Crippen molar-refractivity contribution in [1.82, 2.24) is 0 Å². The van der Waals surface area contributed by atoms with Crippen LogP contribution in [0.2, 0.25) is 0 Å². The minimum absolute atomic E-state index is 0.381. The maximum Gasteiger partial charge on any atom is 0.195 e. The number of aryl methyl sites for hydroxylation is 2. The summed E-state index contributed by atoms with van der Waals surface area (Å²) in [4.78, 5) is 0.381. The van der Waals surface area contributed by atoms with Gasteiger partial charge in [-0.15, -0.1) is 11.6 Å². The van der Waals surface area contributed by atoms with Gasteiger partial charge in [-0.3, -0.25) is 0 Å². The van der Waals surface area contributed by atoms with E-state index in [1.807, 2.05) is 6.07 Å². The third-order valence-electron chi connectivity index (χ3n) is 2.35. The van der Waals surface area contributed by atoms with Gasteiger partial charge in [0.05, 0.1) is 4.90 Å². The van der Waals surface area contributed by atoms with Gasteiger partial charge < -0.3 is 0 Å². The topological polar surface area (TPSA) is 34.1 Å². The molecule has 4 heteroatoms. The van der Waals surface area contributed by atoms with Gasteiger partial charge in [-0.05, 0) is 31.4 Å². The molecule has 0 spiro atoms. The van der Waals surface area contributed by atoms with Crippen molar-refractivity contribution in [3.05, 3.63) is 29.3 Å². The minimum Gasteiger partial charge on any atom is -0.222 e. The Balaban J connectivity index is 3.40. The van der Waals surface area contributed by atoms with Crippen LogP contribution in [0.4, 0.5) is 0 Å². The zero-order valence-electron chi connectivity index (χ0n) is 9.12. The fraction of sp³-hybridized carbons (Fsp3) is 0.455. The summed E-state index contributed by atoms with van der Waals surface area (Å²) < 4.78 is 23.3. The number of benzene rings is 1. The summed E-state index contributed by atoms with van der Waals surface area (Å²) >= 11 is 5.85. The van der Waals surface area contributed by atoms with Gasteiger partial charge in [0.15, 0.2) is 9.84 Å². The summed E-state index contributed by atoms with van der Waals surface area (Å²) in [5.41, 5.74) is 1.52. The number of hydrogen-bond acceptors (Lipinski definition) is 2. The summed E-state index contributed by atoms with van der Waals surface area (Å²) in [7, 11) is -3.38. The fourth-order valence-electron chi connectivity index (χ4n) is 1.60. The number of sulfone groups is 1. The van der Waals surface area contributed by atoms with E-state index in [1.165, 1.54) is 0 Å². The van der Waals surface area contributed by atoms with Crippen LogP contribution < -0.4 is 0 Å². The lowest BCUT2D eigenvalue weighted by Gasteiger charge is -2.13. The van der Waals surface area contributed by atoms with Crippen LogP contribution >= 0.6 is 11.6 Å². The van der Waals surface area contributed by atoms with Crippen LogP contribution in [-0.2, 0) is 9.84 Å². The lowest BCUT2D eigenvalue weighted by Crippen LogP contribution is -2.16. The highest BCUT2D eigenvalue weighted by molar-refractivity contribution is 7.93. The molecule has 0 heterocycles. The molecule has 0 aliphatic carbocycles. The number of alkyl halides is 1.